The number of amidine groups is 1. The molecule has 0 atom stereocenters. The lowest BCUT2D eigenvalue weighted by Gasteiger charge is -2.07. The highest BCUT2D eigenvalue weighted by Crippen LogP contribution is 2.34. The molecule has 3 heteroatoms. The molecule has 1 aliphatic heterocycles. The predicted octanol–water partition coefficient (Wildman–Crippen LogP) is 6.56. The van der Waals surface area contributed by atoms with Gasteiger partial charge in [0.15, 0.2) is 5.82 Å². The van der Waals surface area contributed by atoms with Gasteiger partial charge in [-0.3, -0.25) is 0 Å². The molecule has 136 valence electrons. The van der Waals surface area contributed by atoms with Crippen molar-refractivity contribution in [3.8, 4) is 11.3 Å². The third kappa shape index (κ3) is 2.59. The summed E-state index contributed by atoms with van der Waals surface area (Å²) in [4.78, 5) is 9.71. The van der Waals surface area contributed by atoms with E-state index in [0.29, 0.717) is 5.82 Å². The second-order valence-electron chi connectivity index (χ2n) is 7.20. The zero-order valence-corrected chi connectivity index (χ0v) is 15.6. The van der Waals surface area contributed by atoms with Gasteiger partial charge in [-0.2, -0.15) is 0 Å². The van der Waals surface area contributed by atoms with Gasteiger partial charge < -0.3 is 5.32 Å². The molecule has 0 fully saturated rings. The highest BCUT2D eigenvalue weighted by Gasteiger charge is 2.19. The van der Waals surface area contributed by atoms with Crippen LogP contribution in [0.15, 0.2) is 102 Å². The quantitative estimate of drug-likeness (QED) is 0.381. The van der Waals surface area contributed by atoms with Crippen LogP contribution in [0.1, 0.15) is 5.56 Å². The first-order chi connectivity index (χ1) is 14.4. The molecule has 5 aromatic rings. The molecule has 0 aliphatic carbocycles. The SMILES string of the molecule is c1cc(/N=C2\Nc3cccc4cccc2c34)nc(-c2cccc3ccccc23)c1. The first kappa shape index (κ1) is 16.0. The molecule has 0 amide bonds. The van der Waals surface area contributed by atoms with Crippen LogP contribution in [0.3, 0.4) is 0 Å². The van der Waals surface area contributed by atoms with E-state index < -0.39 is 0 Å². The average molecular weight is 371 g/mol. The van der Waals surface area contributed by atoms with Gasteiger partial charge in [-0.25, -0.2) is 9.98 Å². The van der Waals surface area contributed by atoms with Crippen LogP contribution in [0, 0.1) is 0 Å². The van der Waals surface area contributed by atoms with Gasteiger partial charge in [0.05, 0.1) is 5.69 Å². The standard InChI is InChI=1S/C26H17N3/c1-2-11-19-17(7-1)8-3-12-20(19)22-14-6-16-24(27-22)29-26-21-13-4-9-18-10-5-15-23(28-26)25(18)21/h1-16H,(H,27,28,29). The number of rotatable bonds is 2. The normalized spacial score (nSPS) is 13.9. The van der Waals surface area contributed by atoms with Crippen LogP contribution in [-0.4, -0.2) is 10.8 Å². The van der Waals surface area contributed by atoms with Crippen LogP contribution < -0.4 is 5.32 Å². The number of hydrogen-bond acceptors (Lipinski definition) is 2. The van der Waals surface area contributed by atoms with Gasteiger partial charge in [0.2, 0.25) is 0 Å². The molecule has 2 heterocycles. The number of anilines is 1. The average Bonchev–Trinajstić information content (AvgIpc) is 3.13. The third-order valence-corrected chi connectivity index (χ3v) is 5.44. The lowest BCUT2D eigenvalue weighted by Crippen LogP contribution is -2.06. The number of aromatic nitrogens is 1. The molecule has 4 aromatic carbocycles. The van der Waals surface area contributed by atoms with Crippen molar-refractivity contribution in [3.05, 3.63) is 103 Å². The van der Waals surface area contributed by atoms with Gasteiger partial charge in [-0.15, -0.1) is 0 Å². The number of aliphatic imine (C=N–C) groups is 1. The summed E-state index contributed by atoms with van der Waals surface area (Å²) in [6, 6.07) is 33.3. The number of pyridine rings is 1. The minimum atomic E-state index is 0.697. The smallest absolute Gasteiger partial charge is 0.154 e. The van der Waals surface area contributed by atoms with E-state index in [2.05, 4.69) is 84.2 Å². The second-order valence-corrected chi connectivity index (χ2v) is 7.20. The van der Waals surface area contributed by atoms with E-state index in [9.17, 15) is 0 Å². The molecule has 0 saturated heterocycles. The van der Waals surface area contributed by atoms with E-state index in [1.54, 1.807) is 0 Å². The summed E-state index contributed by atoms with van der Waals surface area (Å²) >= 11 is 0. The summed E-state index contributed by atoms with van der Waals surface area (Å²) in [6.07, 6.45) is 0. The van der Waals surface area contributed by atoms with E-state index in [1.807, 2.05) is 18.2 Å². The Labute approximate surface area is 168 Å². The Hall–Kier alpha value is -3.98. The van der Waals surface area contributed by atoms with Gasteiger partial charge in [0.25, 0.3) is 0 Å². The Morgan fingerprint density at radius 2 is 1.34 bits per heavy atom. The lowest BCUT2D eigenvalue weighted by molar-refractivity contribution is 1.28. The summed E-state index contributed by atoms with van der Waals surface area (Å²) in [6.45, 7) is 0. The fourth-order valence-electron chi connectivity index (χ4n) is 4.12. The first-order valence-electron chi connectivity index (χ1n) is 9.70. The number of benzene rings is 4. The summed E-state index contributed by atoms with van der Waals surface area (Å²) < 4.78 is 0. The monoisotopic (exact) mass is 371 g/mol. The Morgan fingerprint density at radius 3 is 2.28 bits per heavy atom. The van der Waals surface area contributed by atoms with Crippen molar-refractivity contribution in [2.75, 3.05) is 5.32 Å². The second kappa shape index (κ2) is 6.28. The molecule has 0 unspecified atom stereocenters. The summed E-state index contributed by atoms with van der Waals surface area (Å²) in [5, 5.41) is 8.30. The molecule has 6 rings (SSSR count). The van der Waals surface area contributed by atoms with E-state index in [0.717, 1.165) is 28.3 Å². The van der Waals surface area contributed by atoms with Crippen LogP contribution in [0.25, 0.3) is 32.8 Å². The van der Waals surface area contributed by atoms with Crippen LogP contribution in [0.4, 0.5) is 11.5 Å². The van der Waals surface area contributed by atoms with E-state index in [4.69, 9.17) is 9.98 Å². The number of nitrogens with zero attached hydrogens (tertiary/aromatic N) is 2. The van der Waals surface area contributed by atoms with Crippen LogP contribution in [0.2, 0.25) is 0 Å². The van der Waals surface area contributed by atoms with Crippen LogP contribution in [-0.2, 0) is 0 Å². The van der Waals surface area contributed by atoms with E-state index in [1.165, 1.54) is 21.5 Å². The van der Waals surface area contributed by atoms with Crippen molar-refractivity contribution in [1.82, 2.24) is 4.98 Å². The maximum absolute atomic E-state index is 4.86. The third-order valence-electron chi connectivity index (χ3n) is 5.44. The molecule has 0 bridgehead atoms. The van der Waals surface area contributed by atoms with E-state index >= 15 is 0 Å². The Balaban J connectivity index is 1.47. The molecule has 29 heavy (non-hydrogen) atoms. The van der Waals surface area contributed by atoms with Crippen molar-refractivity contribution in [2.45, 2.75) is 0 Å². The zero-order valence-electron chi connectivity index (χ0n) is 15.6. The van der Waals surface area contributed by atoms with Gasteiger partial charge in [-0.05, 0) is 34.4 Å². The van der Waals surface area contributed by atoms with Crippen molar-refractivity contribution < 1.29 is 0 Å². The van der Waals surface area contributed by atoms with Crippen LogP contribution in [0.5, 0.6) is 0 Å². The van der Waals surface area contributed by atoms with Crippen molar-refractivity contribution >= 4 is 38.9 Å². The lowest BCUT2D eigenvalue weighted by atomic mass is 10.0. The van der Waals surface area contributed by atoms with Gasteiger partial charge in [0, 0.05) is 22.2 Å². The highest BCUT2D eigenvalue weighted by molar-refractivity contribution is 6.26. The largest absolute Gasteiger partial charge is 0.339 e. The minimum absolute atomic E-state index is 0.697. The molecule has 1 aliphatic rings. The minimum Gasteiger partial charge on any atom is -0.339 e. The molecule has 0 saturated carbocycles. The maximum atomic E-state index is 4.86. The Morgan fingerprint density at radius 1 is 0.621 bits per heavy atom. The predicted molar refractivity (Wildman–Crippen MR) is 121 cm³/mol. The Kier molecular flexibility index (Phi) is 3.47. The van der Waals surface area contributed by atoms with E-state index in [-0.39, 0.29) is 0 Å². The zero-order chi connectivity index (χ0) is 19.2. The molecular weight excluding hydrogens is 354 g/mol. The number of fused-ring (bicyclic) bond motifs is 1. The molecule has 3 nitrogen and oxygen atoms in total. The van der Waals surface area contributed by atoms with Crippen LogP contribution >= 0.6 is 0 Å². The van der Waals surface area contributed by atoms with Crippen molar-refractivity contribution in [1.29, 1.82) is 0 Å². The number of nitrogens with one attached hydrogen (secondary N) is 1. The van der Waals surface area contributed by atoms with Gasteiger partial charge >= 0.3 is 0 Å². The fourth-order valence-corrected chi connectivity index (χ4v) is 4.12. The Bertz CT molecular complexity index is 1420. The summed E-state index contributed by atoms with van der Waals surface area (Å²) in [7, 11) is 0. The fraction of sp³-hybridized carbons (Fsp3) is 0. The van der Waals surface area contributed by atoms with Gasteiger partial charge in [-0.1, -0.05) is 78.9 Å². The first-order valence-corrected chi connectivity index (χ1v) is 9.70. The molecule has 1 N–H and O–H groups in total. The number of hydrogen-bond donors (Lipinski definition) is 1. The maximum Gasteiger partial charge on any atom is 0.154 e. The van der Waals surface area contributed by atoms with Crippen molar-refractivity contribution in [2.24, 2.45) is 4.99 Å². The topological polar surface area (TPSA) is 37.3 Å². The molecule has 0 radical (unpaired) electrons. The summed E-state index contributed by atoms with van der Waals surface area (Å²) in [5.41, 5.74) is 4.27. The van der Waals surface area contributed by atoms with Crippen molar-refractivity contribution in [3.63, 3.8) is 0 Å². The van der Waals surface area contributed by atoms with Gasteiger partial charge in [0.1, 0.15) is 5.84 Å². The highest BCUT2D eigenvalue weighted by atomic mass is 15.1. The molecule has 1 aromatic heterocycles. The molecular formula is C26H17N3. The summed E-state index contributed by atoms with van der Waals surface area (Å²) in [5.74, 6) is 1.54. The molecule has 0 spiro atoms.